The summed E-state index contributed by atoms with van der Waals surface area (Å²) in [6.07, 6.45) is 8.00. The minimum atomic E-state index is -0.0786. The van der Waals surface area contributed by atoms with Crippen molar-refractivity contribution in [3.05, 3.63) is 48.3 Å². The van der Waals surface area contributed by atoms with E-state index in [9.17, 15) is 4.79 Å². The van der Waals surface area contributed by atoms with Crippen molar-refractivity contribution in [3.63, 3.8) is 0 Å². The van der Waals surface area contributed by atoms with E-state index in [0.717, 1.165) is 18.5 Å². The summed E-state index contributed by atoms with van der Waals surface area (Å²) in [6.45, 7) is 5.12. The molecule has 0 aliphatic carbocycles. The first-order chi connectivity index (χ1) is 11.3. The molecule has 1 atom stereocenters. The molecule has 23 heavy (non-hydrogen) atoms. The molecule has 0 radical (unpaired) electrons. The first kappa shape index (κ1) is 17.1. The standard InChI is InChI=1S/C19H25N3O/c1-3-8-15(4-2)11-14-22-19(23)16-9-7-13-21-18(16)17-10-5-6-12-20-17/h5-7,9-10,12-13,15H,3-4,8,11,14H2,1-2H3,(H,22,23). The fourth-order valence-electron chi connectivity index (χ4n) is 2.74. The number of carbonyl (C=O) groups excluding carboxylic acids is 1. The van der Waals surface area contributed by atoms with E-state index in [1.165, 1.54) is 12.8 Å². The van der Waals surface area contributed by atoms with Gasteiger partial charge >= 0.3 is 0 Å². The van der Waals surface area contributed by atoms with Crippen LogP contribution in [0.2, 0.25) is 0 Å². The van der Waals surface area contributed by atoms with E-state index in [-0.39, 0.29) is 5.91 Å². The van der Waals surface area contributed by atoms with E-state index in [1.807, 2.05) is 18.2 Å². The van der Waals surface area contributed by atoms with Crippen molar-refractivity contribution in [2.24, 2.45) is 5.92 Å². The number of carbonyl (C=O) groups is 1. The van der Waals surface area contributed by atoms with Gasteiger partial charge in [-0.2, -0.15) is 0 Å². The van der Waals surface area contributed by atoms with Crippen LogP contribution < -0.4 is 5.32 Å². The quantitative estimate of drug-likeness (QED) is 0.799. The second kappa shape index (κ2) is 9.03. The Morgan fingerprint density at radius 2 is 1.91 bits per heavy atom. The first-order valence-electron chi connectivity index (χ1n) is 8.40. The van der Waals surface area contributed by atoms with Gasteiger partial charge in [0.2, 0.25) is 0 Å². The highest BCUT2D eigenvalue weighted by Gasteiger charge is 2.14. The van der Waals surface area contributed by atoms with Crippen molar-refractivity contribution in [1.29, 1.82) is 0 Å². The molecule has 1 amide bonds. The molecule has 0 spiro atoms. The lowest BCUT2D eigenvalue weighted by molar-refractivity contribution is 0.0951. The highest BCUT2D eigenvalue weighted by atomic mass is 16.1. The molecule has 2 rings (SSSR count). The lowest BCUT2D eigenvalue weighted by Gasteiger charge is -2.14. The van der Waals surface area contributed by atoms with Crippen LogP contribution in [-0.4, -0.2) is 22.4 Å². The van der Waals surface area contributed by atoms with E-state index in [1.54, 1.807) is 24.5 Å². The largest absolute Gasteiger partial charge is 0.352 e. The molecule has 0 aliphatic heterocycles. The van der Waals surface area contributed by atoms with Crippen LogP contribution >= 0.6 is 0 Å². The van der Waals surface area contributed by atoms with Gasteiger partial charge in [0.05, 0.1) is 11.3 Å². The SMILES string of the molecule is CCCC(CC)CCNC(=O)c1cccnc1-c1ccccn1. The molecule has 0 bridgehead atoms. The zero-order valence-electron chi connectivity index (χ0n) is 14.0. The zero-order valence-corrected chi connectivity index (χ0v) is 14.0. The van der Waals surface area contributed by atoms with Gasteiger partial charge in [0.1, 0.15) is 5.69 Å². The second-order valence-electron chi connectivity index (χ2n) is 5.72. The van der Waals surface area contributed by atoms with E-state index in [2.05, 4.69) is 29.1 Å². The molecule has 2 aromatic heterocycles. The summed E-state index contributed by atoms with van der Waals surface area (Å²) in [7, 11) is 0. The number of nitrogens with zero attached hydrogens (tertiary/aromatic N) is 2. The number of amides is 1. The van der Waals surface area contributed by atoms with Gasteiger partial charge in [0.15, 0.2) is 0 Å². The van der Waals surface area contributed by atoms with Gasteiger partial charge in [-0.25, -0.2) is 0 Å². The van der Waals surface area contributed by atoms with Gasteiger partial charge in [-0.05, 0) is 36.6 Å². The summed E-state index contributed by atoms with van der Waals surface area (Å²) in [5.41, 5.74) is 1.93. The van der Waals surface area contributed by atoms with Crippen LogP contribution in [0.4, 0.5) is 0 Å². The Balaban J connectivity index is 2.03. The fraction of sp³-hybridized carbons (Fsp3) is 0.421. The third-order valence-corrected chi connectivity index (χ3v) is 4.07. The summed E-state index contributed by atoms with van der Waals surface area (Å²) in [6, 6.07) is 9.20. The van der Waals surface area contributed by atoms with Crippen molar-refractivity contribution in [2.75, 3.05) is 6.54 Å². The molecular weight excluding hydrogens is 286 g/mol. The smallest absolute Gasteiger partial charge is 0.253 e. The van der Waals surface area contributed by atoms with Crippen molar-refractivity contribution in [1.82, 2.24) is 15.3 Å². The summed E-state index contributed by atoms with van der Waals surface area (Å²) >= 11 is 0. The molecule has 1 N–H and O–H groups in total. The van der Waals surface area contributed by atoms with Gasteiger partial charge in [-0.15, -0.1) is 0 Å². The second-order valence-corrected chi connectivity index (χ2v) is 5.72. The number of hydrogen-bond donors (Lipinski definition) is 1. The third kappa shape index (κ3) is 4.88. The van der Waals surface area contributed by atoms with Gasteiger partial charge in [-0.3, -0.25) is 14.8 Å². The Bertz CT molecular complexity index is 613. The minimum absolute atomic E-state index is 0.0786. The van der Waals surface area contributed by atoms with Crippen molar-refractivity contribution in [2.45, 2.75) is 39.5 Å². The fourth-order valence-corrected chi connectivity index (χ4v) is 2.74. The molecule has 2 aromatic rings. The van der Waals surface area contributed by atoms with E-state index in [4.69, 9.17) is 0 Å². The van der Waals surface area contributed by atoms with Gasteiger partial charge in [-0.1, -0.05) is 39.2 Å². The average Bonchev–Trinajstić information content (AvgIpc) is 2.61. The summed E-state index contributed by atoms with van der Waals surface area (Å²) in [5.74, 6) is 0.606. The van der Waals surface area contributed by atoms with E-state index < -0.39 is 0 Å². The molecule has 4 nitrogen and oxygen atoms in total. The highest BCUT2D eigenvalue weighted by Crippen LogP contribution is 2.19. The van der Waals surface area contributed by atoms with E-state index in [0.29, 0.717) is 23.7 Å². The number of rotatable bonds is 8. The van der Waals surface area contributed by atoms with Gasteiger partial charge < -0.3 is 5.32 Å². The van der Waals surface area contributed by atoms with Gasteiger partial charge in [0.25, 0.3) is 5.91 Å². The Morgan fingerprint density at radius 1 is 1.09 bits per heavy atom. The maximum Gasteiger partial charge on any atom is 0.253 e. The molecular formula is C19H25N3O. The number of aromatic nitrogens is 2. The Morgan fingerprint density at radius 3 is 2.61 bits per heavy atom. The zero-order chi connectivity index (χ0) is 16.5. The van der Waals surface area contributed by atoms with Crippen molar-refractivity contribution in [3.8, 4) is 11.4 Å². The molecule has 0 saturated heterocycles. The Kier molecular flexibility index (Phi) is 6.73. The summed E-state index contributed by atoms with van der Waals surface area (Å²) in [5, 5.41) is 3.03. The Hall–Kier alpha value is -2.23. The maximum absolute atomic E-state index is 12.5. The lowest BCUT2D eigenvalue weighted by Crippen LogP contribution is -2.26. The molecule has 2 heterocycles. The monoisotopic (exact) mass is 311 g/mol. The van der Waals surface area contributed by atoms with Crippen LogP contribution in [0.3, 0.4) is 0 Å². The minimum Gasteiger partial charge on any atom is -0.352 e. The predicted molar refractivity (Wildman–Crippen MR) is 93.1 cm³/mol. The van der Waals surface area contributed by atoms with Crippen LogP contribution in [0.25, 0.3) is 11.4 Å². The van der Waals surface area contributed by atoms with Crippen LogP contribution in [0.1, 0.15) is 49.9 Å². The van der Waals surface area contributed by atoms with Crippen molar-refractivity contribution < 1.29 is 4.79 Å². The topological polar surface area (TPSA) is 54.9 Å². The molecule has 0 aliphatic rings. The van der Waals surface area contributed by atoms with Crippen LogP contribution in [0.5, 0.6) is 0 Å². The average molecular weight is 311 g/mol. The number of hydrogen-bond acceptors (Lipinski definition) is 3. The summed E-state index contributed by atoms with van der Waals surface area (Å²) < 4.78 is 0. The molecule has 0 aromatic carbocycles. The Labute approximate surface area is 138 Å². The molecule has 122 valence electrons. The van der Waals surface area contributed by atoms with Crippen LogP contribution in [0.15, 0.2) is 42.7 Å². The highest BCUT2D eigenvalue weighted by molar-refractivity contribution is 5.99. The van der Waals surface area contributed by atoms with Crippen molar-refractivity contribution >= 4 is 5.91 Å². The van der Waals surface area contributed by atoms with Crippen LogP contribution in [-0.2, 0) is 0 Å². The molecule has 4 heteroatoms. The van der Waals surface area contributed by atoms with E-state index >= 15 is 0 Å². The number of nitrogens with one attached hydrogen (secondary N) is 1. The van der Waals surface area contributed by atoms with Crippen LogP contribution in [0, 0.1) is 5.92 Å². The third-order valence-electron chi connectivity index (χ3n) is 4.07. The normalized spacial score (nSPS) is 11.9. The first-order valence-corrected chi connectivity index (χ1v) is 8.40. The molecule has 0 saturated carbocycles. The maximum atomic E-state index is 12.5. The molecule has 0 fully saturated rings. The van der Waals surface area contributed by atoms with Gasteiger partial charge in [0, 0.05) is 18.9 Å². The summed E-state index contributed by atoms with van der Waals surface area (Å²) in [4.78, 5) is 21.1. The lowest BCUT2D eigenvalue weighted by atomic mass is 9.97. The predicted octanol–water partition coefficient (Wildman–Crippen LogP) is 4.09. The number of pyridine rings is 2. The molecule has 1 unspecified atom stereocenters.